The summed E-state index contributed by atoms with van der Waals surface area (Å²) >= 11 is 0. The number of carbonyl (C=O) groups is 4. The molecule has 9 heteroatoms. The lowest BCUT2D eigenvalue weighted by Gasteiger charge is -2.14. The molecular weight excluding hydrogens is 588 g/mol. The van der Waals surface area contributed by atoms with Crippen LogP contribution < -0.4 is 9.47 Å². The van der Waals surface area contributed by atoms with Gasteiger partial charge in [0.2, 0.25) is 0 Å². The topological polar surface area (TPSA) is 114 Å². The first-order valence-electron chi connectivity index (χ1n) is 15.1. The largest absolute Gasteiger partial charge is 0.494 e. The third kappa shape index (κ3) is 10.6. The Morgan fingerprint density at radius 1 is 0.674 bits per heavy atom. The molecule has 46 heavy (non-hydrogen) atoms. The molecular formula is C37H36O9. The minimum absolute atomic E-state index is 0.0540. The summed E-state index contributed by atoms with van der Waals surface area (Å²) in [5.41, 5.74) is 4.68. The van der Waals surface area contributed by atoms with Crippen molar-refractivity contribution in [3.63, 3.8) is 0 Å². The van der Waals surface area contributed by atoms with E-state index in [2.05, 4.69) is 35.6 Å². The maximum Gasteiger partial charge on any atom is 0.351 e. The van der Waals surface area contributed by atoms with Gasteiger partial charge in [-0.2, -0.15) is 0 Å². The molecule has 0 heterocycles. The molecule has 238 valence electrons. The van der Waals surface area contributed by atoms with Crippen molar-refractivity contribution in [3.8, 4) is 33.8 Å². The van der Waals surface area contributed by atoms with Crippen LogP contribution in [0.1, 0.15) is 38.5 Å². The molecule has 0 saturated heterocycles. The molecule has 0 N–H and O–H groups in total. The minimum Gasteiger partial charge on any atom is -0.494 e. The van der Waals surface area contributed by atoms with E-state index < -0.39 is 11.9 Å². The lowest BCUT2D eigenvalue weighted by atomic mass is 10.0. The highest BCUT2D eigenvalue weighted by atomic mass is 16.6. The van der Waals surface area contributed by atoms with Crippen molar-refractivity contribution in [2.75, 3.05) is 19.8 Å². The second-order valence-corrected chi connectivity index (χ2v) is 10.3. The quantitative estimate of drug-likeness (QED) is 0.0394. The molecule has 0 amide bonds. The summed E-state index contributed by atoms with van der Waals surface area (Å²) in [7, 11) is 0. The van der Waals surface area contributed by atoms with Crippen LogP contribution in [-0.4, -0.2) is 44.2 Å². The summed E-state index contributed by atoms with van der Waals surface area (Å²) in [4.78, 5) is 45.0. The number of unbranched alkanes of at least 4 members (excludes halogenated alkanes) is 3. The zero-order chi connectivity index (χ0) is 32.6. The van der Waals surface area contributed by atoms with Crippen LogP contribution in [0.5, 0.6) is 11.5 Å². The predicted octanol–water partition coefficient (Wildman–Crippen LogP) is 6.91. The van der Waals surface area contributed by atoms with Crippen molar-refractivity contribution < 1.29 is 42.9 Å². The zero-order valence-corrected chi connectivity index (χ0v) is 25.5. The zero-order valence-electron chi connectivity index (χ0n) is 25.5. The number of allylic oxidation sites excluding steroid dienone is 3. The monoisotopic (exact) mass is 624 g/mol. The highest BCUT2D eigenvalue weighted by Crippen LogP contribution is 2.28. The van der Waals surface area contributed by atoms with E-state index in [0.717, 1.165) is 53.7 Å². The first-order valence-corrected chi connectivity index (χ1v) is 15.1. The Morgan fingerprint density at radius 3 is 1.78 bits per heavy atom. The second kappa shape index (κ2) is 17.8. The van der Waals surface area contributed by atoms with E-state index in [4.69, 9.17) is 18.9 Å². The Hall–Kier alpha value is -5.44. The molecule has 3 aromatic carbocycles. The number of carbonyl (C=O) groups excluding carboxylic acids is 4. The normalized spacial score (nSPS) is 12.2. The Kier molecular flexibility index (Phi) is 12.9. The highest BCUT2D eigenvalue weighted by molar-refractivity contribution is 5.91. The Labute approximate surface area is 268 Å². The number of rotatable bonds is 17. The van der Waals surface area contributed by atoms with Gasteiger partial charge < -0.3 is 23.7 Å². The van der Waals surface area contributed by atoms with Crippen LogP contribution in [0.25, 0.3) is 22.3 Å². The third-order valence-corrected chi connectivity index (χ3v) is 7.12. The molecule has 0 saturated carbocycles. The first kappa shape index (κ1) is 33.5. The molecule has 0 spiro atoms. The SMILES string of the molecule is C=CC(=O)OCCCCCCOc1ccc(-c2ccc(-c3ccc(OC(=O)C4=CC=C(OCC(=O)OC=O)CC4)cc3)cc2)cc1. The van der Waals surface area contributed by atoms with Crippen LogP contribution in [0.15, 0.2) is 109 Å². The number of esters is 3. The number of ether oxygens (including phenoxy) is 5. The fourth-order valence-electron chi connectivity index (χ4n) is 4.61. The summed E-state index contributed by atoms with van der Waals surface area (Å²) in [6.45, 7) is 4.11. The first-order chi connectivity index (χ1) is 22.4. The van der Waals surface area contributed by atoms with E-state index in [-0.39, 0.29) is 19.0 Å². The van der Waals surface area contributed by atoms with Gasteiger partial charge in [0.05, 0.1) is 19.0 Å². The maximum absolute atomic E-state index is 12.6. The molecule has 0 fully saturated rings. The van der Waals surface area contributed by atoms with Crippen molar-refractivity contribution in [3.05, 3.63) is 109 Å². The van der Waals surface area contributed by atoms with E-state index in [1.807, 2.05) is 36.4 Å². The lowest BCUT2D eigenvalue weighted by Crippen LogP contribution is -2.15. The average Bonchev–Trinajstić information content (AvgIpc) is 3.09. The summed E-state index contributed by atoms with van der Waals surface area (Å²) in [6, 6.07) is 23.6. The van der Waals surface area contributed by atoms with Gasteiger partial charge in [0.1, 0.15) is 11.5 Å². The molecule has 0 radical (unpaired) electrons. The molecule has 1 aliphatic carbocycles. The highest BCUT2D eigenvalue weighted by Gasteiger charge is 2.17. The van der Waals surface area contributed by atoms with Crippen molar-refractivity contribution >= 4 is 24.4 Å². The molecule has 4 rings (SSSR count). The maximum atomic E-state index is 12.6. The molecule has 3 aromatic rings. The molecule has 0 atom stereocenters. The Morgan fingerprint density at radius 2 is 1.24 bits per heavy atom. The summed E-state index contributed by atoms with van der Waals surface area (Å²) in [5, 5.41) is 0. The van der Waals surface area contributed by atoms with E-state index >= 15 is 0 Å². The molecule has 0 unspecified atom stereocenters. The van der Waals surface area contributed by atoms with Gasteiger partial charge in [-0.05, 0) is 90.8 Å². The second-order valence-electron chi connectivity index (χ2n) is 10.3. The molecule has 0 aliphatic heterocycles. The van der Waals surface area contributed by atoms with Crippen molar-refractivity contribution in [1.29, 1.82) is 0 Å². The third-order valence-electron chi connectivity index (χ3n) is 7.12. The van der Waals surface area contributed by atoms with Crippen LogP contribution in [0.3, 0.4) is 0 Å². The van der Waals surface area contributed by atoms with Crippen LogP contribution in [0.4, 0.5) is 0 Å². The van der Waals surface area contributed by atoms with Crippen LogP contribution >= 0.6 is 0 Å². The van der Waals surface area contributed by atoms with Crippen molar-refractivity contribution in [2.45, 2.75) is 38.5 Å². The fraction of sp³-hybridized carbons (Fsp3) is 0.243. The van der Waals surface area contributed by atoms with Crippen LogP contribution in [-0.2, 0) is 33.4 Å². The Bertz CT molecular complexity index is 1550. The lowest BCUT2D eigenvalue weighted by molar-refractivity contribution is -0.154. The van der Waals surface area contributed by atoms with Crippen LogP contribution in [0.2, 0.25) is 0 Å². The van der Waals surface area contributed by atoms with Gasteiger partial charge in [-0.15, -0.1) is 0 Å². The van der Waals surface area contributed by atoms with Gasteiger partial charge in [0.25, 0.3) is 0 Å². The van der Waals surface area contributed by atoms with E-state index in [0.29, 0.717) is 43.1 Å². The average molecular weight is 625 g/mol. The van der Waals surface area contributed by atoms with Gasteiger partial charge in [0, 0.05) is 18.1 Å². The number of benzene rings is 3. The summed E-state index contributed by atoms with van der Waals surface area (Å²) in [5.74, 6) is 0.153. The Balaban J connectivity index is 1.21. The van der Waals surface area contributed by atoms with Gasteiger partial charge in [-0.25, -0.2) is 14.4 Å². The van der Waals surface area contributed by atoms with Gasteiger partial charge in [-0.1, -0.05) is 55.1 Å². The minimum atomic E-state index is -0.788. The standard InChI is InChI=1S/C37H36O9/c1-2-35(39)43-24-6-4-3-5-23-42-32-17-11-29(12-18-32)27-7-9-28(10-8-27)30-13-21-34(22-14-30)46-37(41)31-15-19-33(20-16-31)44-25-36(40)45-26-38/h2,7-15,17-19,21-22,26H,1,3-6,16,20,23-25H2. The van der Waals surface area contributed by atoms with Gasteiger partial charge >= 0.3 is 24.4 Å². The smallest absolute Gasteiger partial charge is 0.351 e. The van der Waals surface area contributed by atoms with Crippen molar-refractivity contribution in [1.82, 2.24) is 0 Å². The molecule has 0 aromatic heterocycles. The summed E-state index contributed by atoms with van der Waals surface area (Å²) < 4.78 is 25.8. The number of hydrogen-bond acceptors (Lipinski definition) is 9. The molecule has 0 bridgehead atoms. The summed E-state index contributed by atoms with van der Waals surface area (Å²) in [6.07, 6.45) is 8.94. The predicted molar refractivity (Wildman–Crippen MR) is 172 cm³/mol. The number of hydrogen-bond donors (Lipinski definition) is 0. The van der Waals surface area contributed by atoms with Gasteiger partial charge in [-0.3, -0.25) is 4.79 Å². The van der Waals surface area contributed by atoms with Crippen molar-refractivity contribution in [2.24, 2.45) is 0 Å². The van der Waals surface area contributed by atoms with E-state index in [1.54, 1.807) is 24.3 Å². The van der Waals surface area contributed by atoms with Crippen LogP contribution in [0, 0.1) is 0 Å². The van der Waals surface area contributed by atoms with E-state index in [9.17, 15) is 19.2 Å². The van der Waals surface area contributed by atoms with E-state index in [1.165, 1.54) is 6.08 Å². The van der Waals surface area contributed by atoms with Gasteiger partial charge in [0.15, 0.2) is 6.61 Å². The molecule has 9 nitrogen and oxygen atoms in total. The fourth-order valence-corrected chi connectivity index (χ4v) is 4.61. The molecule has 1 aliphatic rings.